The third kappa shape index (κ3) is 4.05. The molecule has 2 atom stereocenters. The number of nitrogens with zero attached hydrogens (tertiary/aromatic N) is 1. The van der Waals surface area contributed by atoms with Gasteiger partial charge in [-0.25, -0.2) is 4.39 Å². The fourth-order valence-electron chi connectivity index (χ4n) is 4.97. The summed E-state index contributed by atoms with van der Waals surface area (Å²) in [6.07, 6.45) is 7.93. The van der Waals surface area contributed by atoms with Crippen molar-refractivity contribution in [1.29, 1.82) is 0 Å². The van der Waals surface area contributed by atoms with Gasteiger partial charge in [-0.1, -0.05) is 31.0 Å². The second kappa shape index (κ2) is 8.60. The molecule has 5 heteroatoms. The van der Waals surface area contributed by atoms with E-state index in [1.165, 1.54) is 18.9 Å². The first-order valence-electron chi connectivity index (χ1n) is 10.8. The average Bonchev–Trinajstić information content (AvgIpc) is 2.96. The lowest BCUT2D eigenvalue weighted by Crippen LogP contribution is -2.39. The SMILES string of the molecule is CC1=NC2=C(C(=O)CCC2)[C@@H](c2ccccc2F)C1C(=O)OC1CCCCCC1. The van der Waals surface area contributed by atoms with Gasteiger partial charge in [0.2, 0.25) is 0 Å². The Bertz CT molecular complexity index is 865. The molecule has 1 aliphatic heterocycles. The maximum absolute atomic E-state index is 14.8. The van der Waals surface area contributed by atoms with Gasteiger partial charge in [0.25, 0.3) is 0 Å². The molecule has 4 rings (SSSR count). The minimum absolute atomic E-state index is 0.0250. The number of ether oxygens (including phenoxy) is 1. The molecule has 0 amide bonds. The van der Waals surface area contributed by atoms with Crippen LogP contribution in [0.4, 0.5) is 4.39 Å². The van der Waals surface area contributed by atoms with Crippen molar-refractivity contribution in [1.82, 2.24) is 0 Å². The quantitative estimate of drug-likeness (QED) is 0.515. The van der Waals surface area contributed by atoms with E-state index in [0.717, 1.165) is 32.1 Å². The van der Waals surface area contributed by atoms with E-state index in [2.05, 4.69) is 4.99 Å². The number of halogens is 1. The van der Waals surface area contributed by atoms with E-state index in [1.807, 2.05) is 0 Å². The molecule has 0 bridgehead atoms. The van der Waals surface area contributed by atoms with Crippen LogP contribution in [0.2, 0.25) is 0 Å². The van der Waals surface area contributed by atoms with Crippen LogP contribution in [0, 0.1) is 11.7 Å². The summed E-state index contributed by atoms with van der Waals surface area (Å²) in [5.41, 5.74) is 2.22. The van der Waals surface area contributed by atoms with Crippen molar-refractivity contribution in [3.63, 3.8) is 0 Å². The summed E-state index contributed by atoms with van der Waals surface area (Å²) in [4.78, 5) is 30.8. The maximum Gasteiger partial charge on any atom is 0.315 e. The molecule has 2 aliphatic carbocycles. The van der Waals surface area contributed by atoms with Gasteiger partial charge in [-0.2, -0.15) is 0 Å². The Morgan fingerprint density at radius 2 is 1.79 bits per heavy atom. The van der Waals surface area contributed by atoms with Gasteiger partial charge >= 0.3 is 5.97 Å². The molecular weight excluding hydrogens is 369 g/mol. The molecule has 0 spiro atoms. The van der Waals surface area contributed by atoms with Crippen molar-refractivity contribution in [2.75, 3.05) is 0 Å². The lowest BCUT2D eigenvalue weighted by molar-refractivity contribution is -0.152. The van der Waals surface area contributed by atoms with Crippen LogP contribution in [0.25, 0.3) is 0 Å². The van der Waals surface area contributed by atoms with Crippen LogP contribution in [0.3, 0.4) is 0 Å². The molecule has 1 heterocycles. The first-order chi connectivity index (χ1) is 14.1. The first-order valence-corrected chi connectivity index (χ1v) is 10.8. The second-order valence-electron chi connectivity index (χ2n) is 8.42. The fourth-order valence-corrected chi connectivity index (χ4v) is 4.97. The number of rotatable bonds is 3. The predicted molar refractivity (Wildman–Crippen MR) is 109 cm³/mol. The van der Waals surface area contributed by atoms with E-state index in [1.54, 1.807) is 25.1 Å². The summed E-state index contributed by atoms with van der Waals surface area (Å²) in [7, 11) is 0. The van der Waals surface area contributed by atoms with Crippen LogP contribution < -0.4 is 0 Å². The Morgan fingerprint density at radius 1 is 1.07 bits per heavy atom. The second-order valence-corrected chi connectivity index (χ2v) is 8.42. The van der Waals surface area contributed by atoms with Crippen molar-refractivity contribution < 1.29 is 18.7 Å². The van der Waals surface area contributed by atoms with Crippen LogP contribution >= 0.6 is 0 Å². The Morgan fingerprint density at radius 3 is 2.52 bits per heavy atom. The molecular formula is C24H28FNO3. The van der Waals surface area contributed by atoms with Gasteiger partial charge in [-0.05, 0) is 57.1 Å². The van der Waals surface area contributed by atoms with Crippen molar-refractivity contribution in [2.45, 2.75) is 76.7 Å². The summed E-state index contributed by atoms with van der Waals surface area (Å²) in [6.45, 7) is 1.80. The number of carbonyl (C=O) groups is 2. The van der Waals surface area contributed by atoms with E-state index < -0.39 is 17.7 Å². The largest absolute Gasteiger partial charge is 0.462 e. The summed E-state index contributed by atoms with van der Waals surface area (Å²) < 4.78 is 20.7. The minimum atomic E-state index is -0.754. The zero-order valence-corrected chi connectivity index (χ0v) is 17.0. The molecule has 154 valence electrons. The molecule has 0 saturated heterocycles. The van der Waals surface area contributed by atoms with Crippen LogP contribution in [0.5, 0.6) is 0 Å². The molecule has 29 heavy (non-hydrogen) atoms. The normalized spacial score (nSPS) is 25.9. The number of aliphatic imine (C=N–C) groups is 1. The molecule has 1 fully saturated rings. The zero-order chi connectivity index (χ0) is 20.4. The number of Topliss-reactive ketones (excluding diaryl/α,β-unsaturated/α-hetero) is 1. The summed E-state index contributed by atoms with van der Waals surface area (Å²) in [5.74, 6) is -2.21. The summed E-state index contributed by atoms with van der Waals surface area (Å²) in [5, 5.41) is 0. The van der Waals surface area contributed by atoms with Gasteiger partial charge in [0, 0.05) is 29.3 Å². The zero-order valence-electron chi connectivity index (χ0n) is 17.0. The van der Waals surface area contributed by atoms with Gasteiger partial charge < -0.3 is 4.74 Å². The Kier molecular flexibility index (Phi) is 5.93. The highest BCUT2D eigenvalue weighted by molar-refractivity contribution is 6.08. The molecule has 0 aromatic heterocycles. The van der Waals surface area contributed by atoms with Crippen LogP contribution in [-0.2, 0) is 14.3 Å². The number of carbonyl (C=O) groups excluding carboxylic acids is 2. The summed E-state index contributed by atoms with van der Waals surface area (Å²) in [6, 6.07) is 6.44. The third-order valence-electron chi connectivity index (χ3n) is 6.41. The highest BCUT2D eigenvalue weighted by Crippen LogP contribution is 2.44. The number of ketones is 1. The fraction of sp³-hybridized carbons (Fsp3) is 0.542. The van der Waals surface area contributed by atoms with Gasteiger partial charge in [0.1, 0.15) is 17.8 Å². The highest BCUT2D eigenvalue weighted by atomic mass is 19.1. The van der Waals surface area contributed by atoms with E-state index in [0.29, 0.717) is 35.4 Å². The monoisotopic (exact) mass is 397 g/mol. The van der Waals surface area contributed by atoms with Gasteiger partial charge in [-0.15, -0.1) is 0 Å². The molecule has 0 radical (unpaired) electrons. The molecule has 4 nitrogen and oxygen atoms in total. The lowest BCUT2D eigenvalue weighted by Gasteiger charge is -2.35. The van der Waals surface area contributed by atoms with Gasteiger partial charge in [0.15, 0.2) is 5.78 Å². The number of hydrogen-bond donors (Lipinski definition) is 0. The predicted octanol–water partition coefficient (Wildman–Crippen LogP) is 5.27. The number of esters is 1. The lowest BCUT2D eigenvalue weighted by atomic mass is 9.71. The molecule has 0 N–H and O–H groups in total. The van der Waals surface area contributed by atoms with E-state index in [9.17, 15) is 14.0 Å². The maximum atomic E-state index is 14.8. The number of benzene rings is 1. The number of allylic oxidation sites excluding steroid dienone is 2. The summed E-state index contributed by atoms with van der Waals surface area (Å²) >= 11 is 0. The Labute approximate surface area is 171 Å². The van der Waals surface area contributed by atoms with Crippen molar-refractivity contribution in [2.24, 2.45) is 10.9 Å². The Balaban J connectivity index is 1.72. The van der Waals surface area contributed by atoms with E-state index in [-0.39, 0.29) is 17.9 Å². The van der Waals surface area contributed by atoms with Crippen LogP contribution in [-0.4, -0.2) is 23.6 Å². The molecule has 3 aliphatic rings. The molecule has 1 saturated carbocycles. The topological polar surface area (TPSA) is 55.7 Å². The van der Waals surface area contributed by atoms with Crippen molar-refractivity contribution >= 4 is 17.5 Å². The van der Waals surface area contributed by atoms with Crippen molar-refractivity contribution in [3.8, 4) is 0 Å². The first kappa shape index (κ1) is 20.0. The average molecular weight is 397 g/mol. The smallest absolute Gasteiger partial charge is 0.315 e. The molecule has 1 aromatic carbocycles. The Hall–Kier alpha value is -2.30. The van der Waals surface area contributed by atoms with Gasteiger partial charge in [-0.3, -0.25) is 14.6 Å². The van der Waals surface area contributed by atoms with Crippen molar-refractivity contribution in [3.05, 3.63) is 46.9 Å². The van der Waals surface area contributed by atoms with E-state index in [4.69, 9.17) is 4.74 Å². The number of hydrogen-bond acceptors (Lipinski definition) is 4. The van der Waals surface area contributed by atoms with Crippen LogP contribution in [0.1, 0.15) is 76.2 Å². The van der Waals surface area contributed by atoms with Crippen LogP contribution in [0.15, 0.2) is 40.5 Å². The minimum Gasteiger partial charge on any atom is -0.462 e. The van der Waals surface area contributed by atoms with Gasteiger partial charge in [0.05, 0.1) is 0 Å². The third-order valence-corrected chi connectivity index (χ3v) is 6.41. The highest BCUT2D eigenvalue weighted by Gasteiger charge is 2.44. The standard InChI is InChI=1S/C24H28FNO3/c1-15-21(24(28)29-16-9-4-2-3-5-10-16)22(17-11-6-7-12-18(17)25)23-19(26-15)13-8-14-20(23)27/h6-7,11-12,16,21-22H,2-5,8-10,13-14H2,1H3/t21?,22-/m0/s1. The molecule has 1 aromatic rings. The molecule has 1 unspecified atom stereocenters. The van der Waals surface area contributed by atoms with E-state index >= 15 is 0 Å².